The van der Waals surface area contributed by atoms with Crippen LogP contribution in [-0.4, -0.2) is 27.7 Å². The van der Waals surface area contributed by atoms with Crippen molar-refractivity contribution in [3.05, 3.63) is 93.5 Å². The largest absolute Gasteiger partial charge is 0.497 e. The van der Waals surface area contributed by atoms with Gasteiger partial charge in [0, 0.05) is 21.2 Å². The Balaban J connectivity index is 1.78. The molecule has 0 heterocycles. The van der Waals surface area contributed by atoms with E-state index in [4.69, 9.17) is 27.9 Å². The number of benzene rings is 3. The van der Waals surface area contributed by atoms with Crippen LogP contribution in [0, 0.1) is 0 Å². The van der Waals surface area contributed by atoms with Crippen LogP contribution in [0.25, 0.3) is 0 Å². The van der Waals surface area contributed by atoms with Crippen LogP contribution in [0.1, 0.15) is 34.5 Å². The molecule has 0 fully saturated rings. The second kappa shape index (κ2) is 10.5. The number of amides is 1. The Morgan fingerprint density at radius 1 is 1.00 bits per heavy atom. The molecule has 1 atom stereocenters. The molecule has 0 aliphatic carbocycles. The van der Waals surface area contributed by atoms with E-state index in [1.165, 1.54) is 4.31 Å². The first kappa shape index (κ1) is 24.9. The molecule has 0 spiro atoms. The van der Waals surface area contributed by atoms with Crippen LogP contribution in [-0.2, 0) is 16.6 Å². The summed E-state index contributed by atoms with van der Waals surface area (Å²) in [4.78, 5) is 12.7. The van der Waals surface area contributed by atoms with E-state index < -0.39 is 10.0 Å². The monoisotopic (exact) mass is 506 g/mol. The van der Waals surface area contributed by atoms with Gasteiger partial charge in [-0.2, -0.15) is 0 Å². The van der Waals surface area contributed by atoms with Crippen LogP contribution in [0.5, 0.6) is 5.75 Å². The maximum absolute atomic E-state index is 12.7. The lowest BCUT2D eigenvalue weighted by molar-refractivity contribution is 0.0940. The van der Waals surface area contributed by atoms with E-state index in [9.17, 15) is 13.2 Å². The third-order valence-electron chi connectivity index (χ3n) is 5.14. The molecule has 3 aromatic rings. The molecule has 174 valence electrons. The average molecular weight is 507 g/mol. The Kier molecular flexibility index (Phi) is 7.89. The molecule has 1 N–H and O–H groups in total. The van der Waals surface area contributed by atoms with Gasteiger partial charge in [0.05, 0.1) is 31.6 Å². The van der Waals surface area contributed by atoms with Crippen molar-refractivity contribution in [3.63, 3.8) is 0 Å². The van der Waals surface area contributed by atoms with Crippen LogP contribution in [0.2, 0.25) is 10.0 Å². The number of nitrogens with one attached hydrogen (secondary N) is 1. The van der Waals surface area contributed by atoms with Gasteiger partial charge in [0.1, 0.15) is 5.75 Å². The number of carbonyl (C=O) groups is 1. The standard InChI is InChI=1S/C24H24Cl2N2O4S/c1-16(17-9-13-20(32-2)14-10-17)27-24(29)18-7-11-19(12-8-18)28(33(3,30)31)15-21-22(25)5-4-6-23(21)26/h4-14,16H,15H2,1-3H3,(H,27,29). The summed E-state index contributed by atoms with van der Waals surface area (Å²) in [5, 5.41) is 3.69. The quantitative estimate of drug-likeness (QED) is 0.440. The summed E-state index contributed by atoms with van der Waals surface area (Å²) in [5.41, 5.74) is 2.23. The summed E-state index contributed by atoms with van der Waals surface area (Å²) in [6, 6.07) is 18.5. The first-order valence-electron chi connectivity index (χ1n) is 10.1. The van der Waals surface area contributed by atoms with Crippen molar-refractivity contribution >= 4 is 44.8 Å². The average Bonchev–Trinajstić information content (AvgIpc) is 2.78. The van der Waals surface area contributed by atoms with Gasteiger partial charge >= 0.3 is 0 Å². The summed E-state index contributed by atoms with van der Waals surface area (Å²) in [5.74, 6) is 0.464. The summed E-state index contributed by atoms with van der Waals surface area (Å²) >= 11 is 12.5. The highest BCUT2D eigenvalue weighted by molar-refractivity contribution is 7.92. The van der Waals surface area contributed by atoms with Crippen molar-refractivity contribution in [2.45, 2.75) is 19.5 Å². The van der Waals surface area contributed by atoms with Crippen LogP contribution >= 0.6 is 23.2 Å². The SMILES string of the molecule is COc1ccc(C(C)NC(=O)c2ccc(N(Cc3c(Cl)cccc3Cl)S(C)(=O)=O)cc2)cc1. The van der Waals surface area contributed by atoms with Crippen molar-refractivity contribution in [1.82, 2.24) is 5.32 Å². The van der Waals surface area contributed by atoms with Gasteiger partial charge in [0.15, 0.2) is 0 Å². The maximum atomic E-state index is 12.7. The zero-order valence-corrected chi connectivity index (χ0v) is 20.7. The molecule has 6 nitrogen and oxygen atoms in total. The van der Waals surface area contributed by atoms with E-state index in [0.717, 1.165) is 17.6 Å². The van der Waals surface area contributed by atoms with Gasteiger partial charge in [-0.15, -0.1) is 0 Å². The molecule has 0 saturated carbocycles. The van der Waals surface area contributed by atoms with E-state index >= 15 is 0 Å². The third-order valence-corrected chi connectivity index (χ3v) is 6.99. The number of anilines is 1. The molecule has 0 saturated heterocycles. The lowest BCUT2D eigenvalue weighted by Gasteiger charge is -2.24. The lowest BCUT2D eigenvalue weighted by atomic mass is 10.1. The number of hydrogen-bond donors (Lipinski definition) is 1. The van der Waals surface area contributed by atoms with Crippen LogP contribution < -0.4 is 14.4 Å². The minimum Gasteiger partial charge on any atom is -0.497 e. The van der Waals surface area contributed by atoms with Crippen LogP contribution in [0.15, 0.2) is 66.7 Å². The number of nitrogens with zero attached hydrogens (tertiary/aromatic N) is 1. The molecule has 0 aliphatic heterocycles. The van der Waals surface area contributed by atoms with Crippen molar-refractivity contribution in [1.29, 1.82) is 0 Å². The molecule has 3 aromatic carbocycles. The molecule has 0 radical (unpaired) electrons. The van der Waals surface area contributed by atoms with E-state index in [1.54, 1.807) is 49.6 Å². The first-order chi connectivity index (χ1) is 15.6. The van der Waals surface area contributed by atoms with Gasteiger partial charge in [-0.25, -0.2) is 8.42 Å². The van der Waals surface area contributed by atoms with Gasteiger partial charge in [-0.05, 0) is 61.0 Å². The second-order valence-electron chi connectivity index (χ2n) is 7.49. The normalized spacial score (nSPS) is 12.2. The molecule has 9 heteroatoms. The fourth-order valence-electron chi connectivity index (χ4n) is 3.26. The van der Waals surface area contributed by atoms with Crippen molar-refractivity contribution in [2.24, 2.45) is 0 Å². The highest BCUT2D eigenvalue weighted by Gasteiger charge is 2.21. The molecule has 1 unspecified atom stereocenters. The van der Waals surface area contributed by atoms with E-state index in [-0.39, 0.29) is 18.5 Å². The highest BCUT2D eigenvalue weighted by Crippen LogP contribution is 2.29. The zero-order chi connectivity index (χ0) is 24.2. The number of methoxy groups -OCH3 is 1. The molecular weight excluding hydrogens is 483 g/mol. The number of carbonyl (C=O) groups excluding carboxylic acids is 1. The molecule has 33 heavy (non-hydrogen) atoms. The number of rotatable bonds is 8. The van der Waals surface area contributed by atoms with Gasteiger partial charge < -0.3 is 10.1 Å². The van der Waals surface area contributed by atoms with Gasteiger partial charge in [0.2, 0.25) is 10.0 Å². The molecule has 0 bridgehead atoms. The zero-order valence-electron chi connectivity index (χ0n) is 18.4. The Bertz CT molecular complexity index is 1210. The Labute approximate surface area is 204 Å². The predicted octanol–water partition coefficient (Wildman–Crippen LogP) is 5.46. The van der Waals surface area contributed by atoms with E-state index in [1.807, 2.05) is 31.2 Å². The molecule has 0 aromatic heterocycles. The van der Waals surface area contributed by atoms with Gasteiger partial charge in [-0.3, -0.25) is 9.10 Å². The Morgan fingerprint density at radius 2 is 1.58 bits per heavy atom. The van der Waals surface area contributed by atoms with E-state index in [2.05, 4.69) is 5.32 Å². The molecule has 0 aliphatic rings. The highest BCUT2D eigenvalue weighted by atomic mass is 35.5. The summed E-state index contributed by atoms with van der Waals surface area (Å²) in [6.45, 7) is 1.85. The topological polar surface area (TPSA) is 75.7 Å². The van der Waals surface area contributed by atoms with Crippen molar-refractivity contribution < 1.29 is 17.9 Å². The van der Waals surface area contributed by atoms with Gasteiger partial charge in [-0.1, -0.05) is 41.4 Å². The third kappa shape index (κ3) is 6.19. The van der Waals surface area contributed by atoms with Gasteiger partial charge in [0.25, 0.3) is 5.91 Å². The Morgan fingerprint density at radius 3 is 2.09 bits per heavy atom. The van der Waals surface area contributed by atoms with Crippen LogP contribution in [0.4, 0.5) is 5.69 Å². The number of halogens is 2. The summed E-state index contributed by atoms with van der Waals surface area (Å²) < 4.78 is 31.3. The minimum absolute atomic E-state index is 0.0304. The second-order valence-corrected chi connectivity index (χ2v) is 10.2. The summed E-state index contributed by atoms with van der Waals surface area (Å²) in [6.07, 6.45) is 1.11. The first-order valence-corrected chi connectivity index (χ1v) is 12.7. The predicted molar refractivity (Wildman–Crippen MR) is 133 cm³/mol. The molecular formula is C24H24Cl2N2O4S. The molecule has 3 rings (SSSR count). The fraction of sp³-hybridized carbons (Fsp3) is 0.208. The van der Waals surface area contributed by atoms with Crippen LogP contribution in [0.3, 0.4) is 0 Å². The van der Waals surface area contributed by atoms with Crippen molar-refractivity contribution in [3.8, 4) is 5.75 Å². The Hall–Kier alpha value is -2.74. The number of ether oxygens (including phenoxy) is 1. The van der Waals surface area contributed by atoms with E-state index in [0.29, 0.717) is 26.9 Å². The number of sulfonamides is 1. The minimum atomic E-state index is -3.64. The molecule has 1 amide bonds. The lowest BCUT2D eigenvalue weighted by Crippen LogP contribution is -2.30. The summed E-state index contributed by atoms with van der Waals surface area (Å²) in [7, 11) is -2.04. The smallest absolute Gasteiger partial charge is 0.251 e. The fourth-order valence-corrected chi connectivity index (χ4v) is 4.65. The van der Waals surface area contributed by atoms with Crippen molar-refractivity contribution in [2.75, 3.05) is 17.7 Å². The number of hydrogen-bond acceptors (Lipinski definition) is 4. The maximum Gasteiger partial charge on any atom is 0.251 e.